The van der Waals surface area contributed by atoms with Crippen LogP contribution < -0.4 is 0 Å². The van der Waals surface area contributed by atoms with Crippen molar-refractivity contribution in [1.82, 2.24) is 0 Å². The number of hydrogen-bond donors (Lipinski definition) is 0. The Morgan fingerprint density at radius 1 is 1.10 bits per heavy atom. The smallest absolute Gasteiger partial charge is 0.145 e. The maximum absolute atomic E-state index is 13.3. The van der Waals surface area contributed by atoms with Crippen molar-refractivity contribution in [3.8, 4) is 6.07 Å². The van der Waals surface area contributed by atoms with Crippen molar-refractivity contribution in [3.63, 3.8) is 0 Å². The number of nitriles is 1. The molecule has 0 N–H and O–H groups in total. The minimum atomic E-state index is -0.570. The molecule has 99 valence electrons. The predicted molar refractivity (Wildman–Crippen MR) is 68.8 cm³/mol. The lowest BCUT2D eigenvalue weighted by Gasteiger charge is -2.01. The average molecular weight is 271 g/mol. The molecule has 0 saturated heterocycles. The maximum Gasteiger partial charge on any atom is 0.145 e. The van der Waals surface area contributed by atoms with Crippen molar-refractivity contribution >= 4 is 6.21 Å². The van der Waals surface area contributed by atoms with Gasteiger partial charge in [-0.05, 0) is 24.3 Å². The number of halogens is 2. The summed E-state index contributed by atoms with van der Waals surface area (Å²) in [6.45, 7) is -0.217. The molecule has 5 heteroatoms. The zero-order chi connectivity index (χ0) is 14.4. The van der Waals surface area contributed by atoms with Gasteiger partial charge in [0.15, 0.2) is 0 Å². The maximum atomic E-state index is 13.3. The molecule has 2 aromatic carbocycles. The van der Waals surface area contributed by atoms with E-state index in [1.54, 1.807) is 24.3 Å². The van der Waals surface area contributed by atoms with Gasteiger partial charge in [0, 0.05) is 11.1 Å². The number of rotatable bonds is 4. The van der Waals surface area contributed by atoms with Gasteiger partial charge >= 0.3 is 0 Å². The van der Waals surface area contributed by atoms with Crippen molar-refractivity contribution in [3.05, 3.63) is 70.8 Å². The molecule has 1 radical (unpaired) electrons. The molecule has 0 atom stereocenters. The zero-order valence-corrected chi connectivity index (χ0v) is 10.3. The van der Waals surface area contributed by atoms with Gasteiger partial charge in [0.2, 0.25) is 0 Å². The van der Waals surface area contributed by atoms with Crippen LogP contribution in [0.2, 0.25) is 0 Å². The summed E-state index contributed by atoms with van der Waals surface area (Å²) in [5.74, 6) is -1.12. The van der Waals surface area contributed by atoms with E-state index in [1.165, 1.54) is 0 Å². The van der Waals surface area contributed by atoms with Crippen LogP contribution in [-0.4, -0.2) is 6.21 Å². The molecule has 20 heavy (non-hydrogen) atoms. The lowest BCUT2D eigenvalue weighted by Crippen LogP contribution is -1.94. The highest BCUT2D eigenvalue weighted by Crippen LogP contribution is 2.11. The van der Waals surface area contributed by atoms with Crippen molar-refractivity contribution in [2.75, 3.05) is 0 Å². The van der Waals surface area contributed by atoms with E-state index in [1.807, 2.05) is 6.07 Å². The summed E-state index contributed by atoms with van der Waals surface area (Å²) in [4.78, 5) is 4.86. The Bertz CT molecular complexity index is 678. The summed E-state index contributed by atoms with van der Waals surface area (Å²) in [7, 11) is 0. The normalized spacial score (nSPS) is 10.4. The standard InChI is InChI=1S/C15H9F2N2O/c16-14-5-6-15(17)13(7-14)10-20-19-9-12-4-2-1-3-11(12)8-18/h1-7H,10H2. The Morgan fingerprint density at radius 3 is 2.60 bits per heavy atom. The van der Waals surface area contributed by atoms with E-state index in [9.17, 15) is 8.78 Å². The van der Waals surface area contributed by atoms with Gasteiger partial charge < -0.3 is 4.84 Å². The highest BCUT2D eigenvalue weighted by Gasteiger charge is 2.04. The van der Waals surface area contributed by atoms with Gasteiger partial charge in [0.1, 0.15) is 24.5 Å². The largest absolute Gasteiger partial charge is 0.390 e. The van der Waals surface area contributed by atoms with E-state index < -0.39 is 11.6 Å². The van der Waals surface area contributed by atoms with Crippen molar-refractivity contribution in [2.45, 2.75) is 6.61 Å². The van der Waals surface area contributed by atoms with Crippen LogP contribution in [-0.2, 0) is 11.4 Å². The minimum absolute atomic E-state index is 0.0594. The van der Waals surface area contributed by atoms with Gasteiger partial charge in [-0.25, -0.2) is 8.78 Å². The second kappa shape index (κ2) is 6.43. The molecule has 0 aliphatic rings. The van der Waals surface area contributed by atoms with Crippen LogP contribution in [0.4, 0.5) is 8.78 Å². The molecule has 0 aromatic heterocycles. The van der Waals surface area contributed by atoms with E-state index in [0.717, 1.165) is 18.2 Å². The van der Waals surface area contributed by atoms with E-state index in [0.29, 0.717) is 11.1 Å². The molecule has 2 rings (SSSR count). The lowest BCUT2D eigenvalue weighted by atomic mass is 10.1. The Labute approximate surface area is 114 Å². The fourth-order valence-corrected chi connectivity index (χ4v) is 1.52. The summed E-state index contributed by atoms with van der Waals surface area (Å²) in [5, 5.41) is 12.4. The monoisotopic (exact) mass is 271 g/mol. The fraction of sp³-hybridized carbons (Fsp3) is 0.0667. The number of hydrogen-bond acceptors (Lipinski definition) is 3. The van der Waals surface area contributed by atoms with Crippen LogP contribution in [0.25, 0.3) is 0 Å². The number of benzene rings is 2. The van der Waals surface area contributed by atoms with E-state index in [-0.39, 0.29) is 12.2 Å². The second-order valence-electron chi connectivity index (χ2n) is 3.87. The summed E-state index contributed by atoms with van der Waals surface area (Å²) in [6.07, 6.45) is 2.53. The third-order valence-electron chi connectivity index (χ3n) is 2.51. The molecular weight excluding hydrogens is 262 g/mol. The van der Waals surface area contributed by atoms with Crippen LogP contribution in [0.5, 0.6) is 0 Å². The second-order valence-corrected chi connectivity index (χ2v) is 3.87. The fourth-order valence-electron chi connectivity index (χ4n) is 1.52. The third-order valence-corrected chi connectivity index (χ3v) is 2.51. The molecule has 2 aromatic rings. The minimum Gasteiger partial charge on any atom is -0.390 e. The van der Waals surface area contributed by atoms with Crippen LogP contribution >= 0.6 is 0 Å². The Balaban J connectivity index is 2.01. The molecular formula is C15H9F2N2O. The van der Waals surface area contributed by atoms with Crippen LogP contribution in [0, 0.1) is 23.0 Å². The van der Waals surface area contributed by atoms with Gasteiger partial charge in [0.25, 0.3) is 0 Å². The summed E-state index contributed by atoms with van der Waals surface area (Å²) in [6, 6.07) is 11.8. The van der Waals surface area contributed by atoms with Crippen molar-refractivity contribution in [1.29, 1.82) is 5.26 Å². The zero-order valence-electron chi connectivity index (χ0n) is 10.3. The van der Waals surface area contributed by atoms with Crippen LogP contribution in [0.15, 0.2) is 47.6 Å². The van der Waals surface area contributed by atoms with Gasteiger partial charge in [-0.1, -0.05) is 23.4 Å². The SMILES string of the molecule is N#Cc1ccccc1/[C]=N\OCc1cc(F)ccc1F. The summed E-state index contributed by atoms with van der Waals surface area (Å²) >= 11 is 0. The molecule has 0 amide bonds. The molecule has 0 heterocycles. The molecule has 0 fully saturated rings. The molecule has 0 unspecified atom stereocenters. The quantitative estimate of drug-likeness (QED) is 0.633. The Kier molecular flexibility index (Phi) is 4.40. The topological polar surface area (TPSA) is 45.4 Å². The van der Waals surface area contributed by atoms with Gasteiger partial charge in [-0.2, -0.15) is 5.26 Å². The van der Waals surface area contributed by atoms with Crippen LogP contribution in [0.3, 0.4) is 0 Å². The molecule has 0 aliphatic heterocycles. The number of nitrogens with zero attached hydrogens (tertiary/aromatic N) is 2. The lowest BCUT2D eigenvalue weighted by molar-refractivity contribution is 0.129. The Morgan fingerprint density at radius 2 is 1.85 bits per heavy atom. The molecule has 0 saturated carbocycles. The third kappa shape index (κ3) is 3.39. The van der Waals surface area contributed by atoms with E-state index in [2.05, 4.69) is 11.4 Å². The van der Waals surface area contributed by atoms with Crippen LogP contribution in [0.1, 0.15) is 16.7 Å². The summed E-state index contributed by atoms with van der Waals surface area (Å²) in [5.41, 5.74) is 0.926. The highest BCUT2D eigenvalue weighted by molar-refractivity contribution is 5.82. The van der Waals surface area contributed by atoms with Gasteiger partial charge in [-0.15, -0.1) is 0 Å². The Hall–Kier alpha value is -2.74. The predicted octanol–water partition coefficient (Wildman–Crippen LogP) is 3.26. The van der Waals surface area contributed by atoms with E-state index >= 15 is 0 Å². The van der Waals surface area contributed by atoms with E-state index in [4.69, 9.17) is 10.1 Å². The van der Waals surface area contributed by atoms with Gasteiger partial charge in [0.05, 0.1) is 11.6 Å². The first-order valence-corrected chi connectivity index (χ1v) is 5.72. The van der Waals surface area contributed by atoms with Gasteiger partial charge in [-0.3, -0.25) is 0 Å². The molecule has 3 nitrogen and oxygen atoms in total. The average Bonchev–Trinajstić information content (AvgIpc) is 2.47. The summed E-state index contributed by atoms with van der Waals surface area (Å²) < 4.78 is 26.2. The highest BCUT2D eigenvalue weighted by atomic mass is 19.1. The first-order chi connectivity index (χ1) is 9.70. The van der Waals surface area contributed by atoms with Crippen molar-refractivity contribution < 1.29 is 13.6 Å². The molecule has 0 spiro atoms. The first kappa shape index (κ1) is 13.7. The first-order valence-electron chi connectivity index (χ1n) is 5.72. The molecule has 0 bridgehead atoms. The molecule has 0 aliphatic carbocycles. The van der Waals surface area contributed by atoms with Crippen molar-refractivity contribution in [2.24, 2.45) is 5.16 Å².